The molecule has 2 rings (SSSR count). The smallest absolute Gasteiger partial charge is 0.269 e. The summed E-state index contributed by atoms with van der Waals surface area (Å²) in [5, 5.41) is 13.3. The molecule has 2 aromatic carbocycles. The number of non-ortho nitro benzene ring substituents is 1. The van der Waals surface area contributed by atoms with E-state index in [9.17, 15) is 14.9 Å². The molecule has 0 saturated carbocycles. The van der Waals surface area contributed by atoms with Crippen LogP contribution < -0.4 is 10.1 Å². The number of thioether (sulfide) groups is 1. The summed E-state index contributed by atoms with van der Waals surface area (Å²) >= 11 is 1.71. The lowest BCUT2D eigenvalue weighted by atomic mass is 10.3. The van der Waals surface area contributed by atoms with Crippen LogP contribution in [0.15, 0.2) is 53.4 Å². The van der Waals surface area contributed by atoms with Gasteiger partial charge in [-0.05, 0) is 42.8 Å². The van der Waals surface area contributed by atoms with Gasteiger partial charge >= 0.3 is 0 Å². The van der Waals surface area contributed by atoms with Crippen molar-refractivity contribution in [3.8, 4) is 5.75 Å². The highest BCUT2D eigenvalue weighted by Gasteiger charge is 2.04. The first-order valence-electron chi connectivity index (χ1n) is 7.42. The van der Waals surface area contributed by atoms with Gasteiger partial charge in [0.15, 0.2) is 0 Å². The first kappa shape index (κ1) is 17.8. The summed E-state index contributed by atoms with van der Waals surface area (Å²) < 4.78 is 5.56. The van der Waals surface area contributed by atoms with Crippen molar-refractivity contribution in [1.29, 1.82) is 0 Å². The number of rotatable bonds is 8. The number of carbonyl (C=O) groups is 1. The molecule has 0 aliphatic heterocycles. The maximum atomic E-state index is 10.9. The van der Waals surface area contributed by atoms with Crippen LogP contribution in [0.2, 0.25) is 0 Å². The maximum Gasteiger partial charge on any atom is 0.269 e. The number of carbonyl (C=O) groups excluding carboxylic acids is 1. The predicted octanol–water partition coefficient (Wildman–Crippen LogP) is 4.11. The molecule has 0 saturated heterocycles. The monoisotopic (exact) mass is 346 g/mol. The summed E-state index contributed by atoms with van der Waals surface area (Å²) in [6.07, 6.45) is 0.856. The zero-order chi connectivity index (χ0) is 17.4. The summed E-state index contributed by atoms with van der Waals surface area (Å²) in [7, 11) is 0. The van der Waals surface area contributed by atoms with E-state index in [0.717, 1.165) is 22.8 Å². The van der Waals surface area contributed by atoms with Crippen molar-refractivity contribution in [3.63, 3.8) is 0 Å². The SMILES string of the molecule is CC(=O)Nc1ccc(SCCCOc2ccc([N+](=O)[O-])cc2)cc1. The molecule has 1 amide bonds. The Balaban J connectivity index is 1.67. The van der Waals surface area contributed by atoms with Gasteiger partial charge in [0, 0.05) is 35.4 Å². The molecule has 1 N–H and O–H groups in total. The van der Waals surface area contributed by atoms with Crippen LogP contribution in [0.25, 0.3) is 0 Å². The van der Waals surface area contributed by atoms with Crippen LogP contribution in [0.5, 0.6) is 5.75 Å². The highest BCUT2D eigenvalue weighted by molar-refractivity contribution is 7.99. The van der Waals surface area contributed by atoms with Crippen molar-refractivity contribution >= 4 is 29.0 Å². The van der Waals surface area contributed by atoms with Crippen molar-refractivity contribution in [3.05, 3.63) is 58.6 Å². The van der Waals surface area contributed by atoms with Crippen LogP contribution in [0, 0.1) is 10.1 Å². The number of anilines is 1. The van der Waals surface area contributed by atoms with Gasteiger partial charge in [0.05, 0.1) is 11.5 Å². The van der Waals surface area contributed by atoms with Crippen LogP contribution in [-0.4, -0.2) is 23.2 Å². The topological polar surface area (TPSA) is 81.5 Å². The quantitative estimate of drug-likeness (QED) is 0.337. The number of ether oxygens (including phenoxy) is 1. The van der Waals surface area contributed by atoms with Crippen LogP contribution in [-0.2, 0) is 4.79 Å². The number of benzene rings is 2. The zero-order valence-corrected chi connectivity index (χ0v) is 14.0. The van der Waals surface area contributed by atoms with Gasteiger partial charge in [-0.3, -0.25) is 14.9 Å². The number of amides is 1. The van der Waals surface area contributed by atoms with E-state index in [2.05, 4.69) is 5.32 Å². The molecule has 0 bridgehead atoms. The minimum atomic E-state index is -0.433. The Kier molecular flexibility index (Phi) is 6.62. The lowest BCUT2D eigenvalue weighted by Gasteiger charge is -2.06. The van der Waals surface area contributed by atoms with Crippen molar-refractivity contribution < 1.29 is 14.5 Å². The molecular formula is C17H18N2O4S. The van der Waals surface area contributed by atoms with Crippen LogP contribution in [0.4, 0.5) is 11.4 Å². The van der Waals surface area contributed by atoms with Crippen LogP contribution in [0.1, 0.15) is 13.3 Å². The molecule has 0 radical (unpaired) electrons. The minimum Gasteiger partial charge on any atom is -0.494 e. The Hall–Kier alpha value is -2.54. The van der Waals surface area contributed by atoms with Crippen molar-refractivity contribution in [2.24, 2.45) is 0 Å². The molecule has 24 heavy (non-hydrogen) atoms. The normalized spacial score (nSPS) is 10.2. The molecular weight excluding hydrogens is 328 g/mol. The lowest BCUT2D eigenvalue weighted by molar-refractivity contribution is -0.384. The second-order valence-corrected chi connectivity index (χ2v) is 6.18. The lowest BCUT2D eigenvalue weighted by Crippen LogP contribution is -2.05. The highest BCUT2D eigenvalue weighted by atomic mass is 32.2. The van der Waals surface area contributed by atoms with Gasteiger partial charge in [0.1, 0.15) is 5.75 Å². The molecule has 0 aromatic heterocycles. The first-order valence-corrected chi connectivity index (χ1v) is 8.41. The van der Waals surface area contributed by atoms with Gasteiger partial charge in [-0.1, -0.05) is 0 Å². The van der Waals surface area contributed by atoms with E-state index in [1.54, 1.807) is 23.9 Å². The fraction of sp³-hybridized carbons (Fsp3) is 0.235. The summed E-state index contributed by atoms with van der Waals surface area (Å²) in [5.41, 5.74) is 0.842. The standard InChI is InChI=1S/C17H18N2O4S/c1-13(20)18-14-3-9-17(10-4-14)24-12-2-11-23-16-7-5-15(6-8-16)19(21)22/h3-10H,2,11-12H2,1H3,(H,18,20). The van der Waals surface area contributed by atoms with Gasteiger partial charge < -0.3 is 10.1 Å². The van der Waals surface area contributed by atoms with E-state index in [1.165, 1.54) is 19.1 Å². The molecule has 2 aromatic rings. The second kappa shape index (κ2) is 8.93. The Labute approximate surface area is 144 Å². The molecule has 0 spiro atoms. The maximum absolute atomic E-state index is 10.9. The number of hydrogen-bond donors (Lipinski definition) is 1. The van der Waals surface area contributed by atoms with Crippen molar-refractivity contribution in [2.75, 3.05) is 17.7 Å². The van der Waals surface area contributed by atoms with Gasteiger partial charge in [-0.15, -0.1) is 11.8 Å². The number of hydrogen-bond acceptors (Lipinski definition) is 5. The van der Waals surface area contributed by atoms with Gasteiger partial charge in [-0.2, -0.15) is 0 Å². The Morgan fingerprint density at radius 1 is 1.17 bits per heavy atom. The van der Waals surface area contributed by atoms with E-state index >= 15 is 0 Å². The predicted molar refractivity (Wildman–Crippen MR) is 94.7 cm³/mol. The molecule has 0 aliphatic rings. The Morgan fingerprint density at radius 2 is 1.83 bits per heavy atom. The summed E-state index contributed by atoms with van der Waals surface area (Å²) in [6, 6.07) is 13.7. The van der Waals surface area contributed by atoms with Crippen LogP contribution in [0.3, 0.4) is 0 Å². The number of nitrogens with one attached hydrogen (secondary N) is 1. The molecule has 0 fully saturated rings. The molecule has 0 aliphatic carbocycles. The van der Waals surface area contributed by atoms with E-state index < -0.39 is 4.92 Å². The largest absolute Gasteiger partial charge is 0.494 e. The first-order chi connectivity index (χ1) is 11.5. The summed E-state index contributed by atoms with van der Waals surface area (Å²) in [4.78, 5) is 22.2. The van der Waals surface area contributed by atoms with Gasteiger partial charge in [0.25, 0.3) is 5.69 Å². The van der Waals surface area contributed by atoms with Crippen molar-refractivity contribution in [1.82, 2.24) is 0 Å². The minimum absolute atomic E-state index is 0.0561. The van der Waals surface area contributed by atoms with Gasteiger partial charge in [0.2, 0.25) is 5.91 Å². The third-order valence-electron chi connectivity index (χ3n) is 3.05. The highest BCUT2D eigenvalue weighted by Crippen LogP contribution is 2.22. The molecule has 7 heteroatoms. The Morgan fingerprint density at radius 3 is 2.42 bits per heavy atom. The number of nitro groups is 1. The third kappa shape index (κ3) is 5.92. The molecule has 6 nitrogen and oxygen atoms in total. The number of nitrogens with zero attached hydrogens (tertiary/aromatic N) is 1. The molecule has 126 valence electrons. The molecule has 0 unspecified atom stereocenters. The third-order valence-corrected chi connectivity index (χ3v) is 4.15. The number of nitro benzene ring substituents is 1. The van der Waals surface area contributed by atoms with E-state index in [-0.39, 0.29) is 11.6 Å². The average Bonchev–Trinajstić information content (AvgIpc) is 2.56. The van der Waals surface area contributed by atoms with E-state index in [4.69, 9.17) is 4.74 Å². The average molecular weight is 346 g/mol. The van der Waals surface area contributed by atoms with E-state index in [0.29, 0.717) is 12.4 Å². The Bertz CT molecular complexity index is 687. The van der Waals surface area contributed by atoms with E-state index in [1.807, 2.05) is 24.3 Å². The fourth-order valence-electron chi connectivity index (χ4n) is 1.94. The fourth-order valence-corrected chi connectivity index (χ4v) is 2.77. The van der Waals surface area contributed by atoms with Gasteiger partial charge in [-0.25, -0.2) is 0 Å². The summed E-state index contributed by atoms with van der Waals surface area (Å²) in [5.74, 6) is 1.44. The van der Waals surface area contributed by atoms with Crippen molar-refractivity contribution in [2.45, 2.75) is 18.2 Å². The molecule has 0 heterocycles. The second-order valence-electron chi connectivity index (χ2n) is 5.01. The summed E-state index contributed by atoms with van der Waals surface area (Å²) in [6.45, 7) is 2.03. The van der Waals surface area contributed by atoms with Crippen LogP contribution >= 0.6 is 11.8 Å². The zero-order valence-electron chi connectivity index (χ0n) is 13.2. The molecule has 0 atom stereocenters.